The standard InChI is InChI=1S/C18H23FN4O/c1-13-17(11-20-12-18(24)22-9-3-4-10-22)14(2)23(21-13)16-7-5-15(19)6-8-16/h5-8,20H,3-4,9-12H2,1-2H3. The van der Waals surface area contributed by atoms with Gasteiger partial charge in [0.25, 0.3) is 0 Å². The summed E-state index contributed by atoms with van der Waals surface area (Å²) in [7, 11) is 0. The fourth-order valence-corrected chi connectivity index (χ4v) is 3.14. The average Bonchev–Trinajstić information content (AvgIpc) is 3.19. The van der Waals surface area contributed by atoms with Gasteiger partial charge in [0.15, 0.2) is 0 Å². The van der Waals surface area contributed by atoms with Crippen LogP contribution in [0.4, 0.5) is 4.39 Å². The number of nitrogens with zero attached hydrogens (tertiary/aromatic N) is 3. The molecule has 0 radical (unpaired) electrons. The van der Waals surface area contributed by atoms with E-state index < -0.39 is 0 Å². The number of likely N-dealkylation sites (tertiary alicyclic amines) is 1. The molecule has 0 unspecified atom stereocenters. The molecular weight excluding hydrogens is 307 g/mol. The van der Waals surface area contributed by atoms with E-state index in [1.165, 1.54) is 12.1 Å². The summed E-state index contributed by atoms with van der Waals surface area (Å²) in [4.78, 5) is 14.0. The Morgan fingerprint density at radius 1 is 1.21 bits per heavy atom. The Morgan fingerprint density at radius 3 is 2.54 bits per heavy atom. The topological polar surface area (TPSA) is 50.2 Å². The van der Waals surface area contributed by atoms with Crippen molar-refractivity contribution in [3.05, 3.63) is 47.0 Å². The number of hydrogen-bond acceptors (Lipinski definition) is 3. The molecule has 128 valence electrons. The number of nitrogens with one attached hydrogen (secondary N) is 1. The van der Waals surface area contributed by atoms with Gasteiger partial charge in [-0.3, -0.25) is 4.79 Å². The molecule has 0 spiro atoms. The number of aromatic nitrogens is 2. The van der Waals surface area contributed by atoms with Crippen LogP contribution in [0.5, 0.6) is 0 Å². The maximum atomic E-state index is 13.1. The maximum absolute atomic E-state index is 13.1. The van der Waals surface area contributed by atoms with Gasteiger partial charge < -0.3 is 10.2 Å². The maximum Gasteiger partial charge on any atom is 0.236 e. The normalized spacial score (nSPS) is 14.4. The van der Waals surface area contributed by atoms with Gasteiger partial charge in [0.05, 0.1) is 17.9 Å². The predicted molar refractivity (Wildman–Crippen MR) is 90.5 cm³/mol. The molecule has 5 nitrogen and oxygen atoms in total. The SMILES string of the molecule is Cc1nn(-c2ccc(F)cc2)c(C)c1CNCC(=O)N1CCCC1. The number of benzene rings is 1. The van der Waals surface area contributed by atoms with E-state index in [2.05, 4.69) is 10.4 Å². The highest BCUT2D eigenvalue weighted by molar-refractivity contribution is 5.78. The number of aryl methyl sites for hydroxylation is 1. The van der Waals surface area contributed by atoms with E-state index in [-0.39, 0.29) is 11.7 Å². The molecule has 1 aromatic carbocycles. The minimum atomic E-state index is -0.261. The number of carbonyl (C=O) groups excluding carboxylic acids is 1. The molecule has 1 N–H and O–H groups in total. The van der Waals surface area contributed by atoms with Crippen molar-refractivity contribution >= 4 is 5.91 Å². The fraction of sp³-hybridized carbons (Fsp3) is 0.444. The molecule has 0 aliphatic carbocycles. The first-order chi connectivity index (χ1) is 11.6. The molecule has 0 bridgehead atoms. The molecule has 0 atom stereocenters. The van der Waals surface area contributed by atoms with E-state index in [4.69, 9.17) is 0 Å². The lowest BCUT2D eigenvalue weighted by Gasteiger charge is -2.15. The van der Waals surface area contributed by atoms with Crippen LogP contribution in [0.15, 0.2) is 24.3 Å². The van der Waals surface area contributed by atoms with Gasteiger partial charge in [-0.1, -0.05) is 0 Å². The molecule has 6 heteroatoms. The zero-order valence-corrected chi connectivity index (χ0v) is 14.2. The van der Waals surface area contributed by atoms with Crippen molar-refractivity contribution in [3.8, 4) is 5.69 Å². The summed E-state index contributed by atoms with van der Waals surface area (Å²) in [5.74, 6) is -0.101. The van der Waals surface area contributed by atoms with Gasteiger partial charge in [0, 0.05) is 30.9 Å². The van der Waals surface area contributed by atoms with Crippen LogP contribution in [0.25, 0.3) is 5.69 Å². The van der Waals surface area contributed by atoms with Crippen molar-refractivity contribution in [1.29, 1.82) is 0 Å². The van der Waals surface area contributed by atoms with Crippen LogP contribution in [0.2, 0.25) is 0 Å². The second kappa shape index (κ2) is 7.13. The lowest BCUT2D eigenvalue weighted by Crippen LogP contribution is -2.36. The van der Waals surface area contributed by atoms with E-state index in [1.807, 2.05) is 23.4 Å². The Bertz CT molecular complexity index is 717. The number of halogens is 1. The Labute approximate surface area is 141 Å². The van der Waals surface area contributed by atoms with Crippen LogP contribution < -0.4 is 5.32 Å². The summed E-state index contributed by atoms with van der Waals surface area (Å²) in [6, 6.07) is 6.28. The van der Waals surface area contributed by atoms with Crippen LogP contribution in [0, 0.1) is 19.7 Å². The summed E-state index contributed by atoms with van der Waals surface area (Å²) in [5.41, 5.74) is 3.82. The lowest BCUT2D eigenvalue weighted by atomic mass is 10.2. The summed E-state index contributed by atoms with van der Waals surface area (Å²) in [6.45, 7) is 6.64. The average molecular weight is 330 g/mol. The summed E-state index contributed by atoms with van der Waals surface area (Å²) >= 11 is 0. The van der Waals surface area contributed by atoms with E-state index >= 15 is 0 Å². The Morgan fingerprint density at radius 2 is 1.88 bits per heavy atom. The third kappa shape index (κ3) is 3.48. The van der Waals surface area contributed by atoms with Gasteiger partial charge in [-0.2, -0.15) is 5.10 Å². The Balaban J connectivity index is 1.65. The fourth-order valence-electron chi connectivity index (χ4n) is 3.14. The molecule has 0 saturated carbocycles. The van der Waals surface area contributed by atoms with E-state index in [9.17, 15) is 9.18 Å². The summed E-state index contributed by atoms with van der Waals surface area (Å²) < 4.78 is 14.9. The molecule has 1 aliphatic heterocycles. The summed E-state index contributed by atoms with van der Waals surface area (Å²) in [5, 5.41) is 7.77. The van der Waals surface area contributed by atoms with Crippen LogP contribution in [-0.4, -0.2) is 40.2 Å². The Hall–Kier alpha value is -2.21. The van der Waals surface area contributed by atoms with Crippen LogP contribution in [0.1, 0.15) is 29.8 Å². The zero-order chi connectivity index (χ0) is 17.1. The number of amides is 1. The largest absolute Gasteiger partial charge is 0.342 e. The van der Waals surface area contributed by atoms with Crippen molar-refractivity contribution < 1.29 is 9.18 Å². The van der Waals surface area contributed by atoms with Crippen molar-refractivity contribution in [3.63, 3.8) is 0 Å². The van der Waals surface area contributed by atoms with Crippen molar-refractivity contribution in [2.24, 2.45) is 0 Å². The molecule has 1 saturated heterocycles. The molecule has 2 heterocycles. The van der Waals surface area contributed by atoms with Crippen LogP contribution >= 0.6 is 0 Å². The minimum Gasteiger partial charge on any atom is -0.342 e. The molecule has 3 rings (SSSR count). The highest BCUT2D eigenvalue weighted by Gasteiger charge is 2.18. The summed E-state index contributed by atoms with van der Waals surface area (Å²) in [6.07, 6.45) is 2.21. The highest BCUT2D eigenvalue weighted by atomic mass is 19.1. The van der Waals surface area contributed by atoms with Gasteiger partial charge in [-0.25, -0.2) is 9.07 Å². The van der Waals surface area contributed by atoms with Crippen LogP contribution in [-0.2, 0) is 11.3 Å². The molecular formula is C18H23FN4O. The van der Waals surface area contributed by atoms with Gasteiger partial charge in [-0.15, -0.1) is 0 Å². The quantitative estimate of drug-likeness (QED) is 0.915. The number of rotatable bonds is 5. The second-order valence-electron chi connectivity index (χ2n) is 6.23. The first-order valence-corrected chi connectivity index (χ1v) is 8.36. The minimum absolute atomic E-state index is 0.161. The van der Waals surface area contributed by atoms with E-state index in [0.717, 1.165) is 48.6 Å². The Kier molecular flexibility index (Phi) is 4.94. The monoisotopic (exact) mass is 330 g/mol. The molecule has 2 aromatic rings. The van der Waals surface area contributed by atoms with Crippen LogP contribution in [0.3, 0.4) is 0 Å². The lowest BCUT2D eigenvalue weighted by molar-refractivity contribution is -0.129. The van der Waals surface area contributed by atoms with Crippen molar-refractivity contribution in [2.45, 2.75) is 33.2 Å². The van der Waals surface area contributed by atoms with Gasteiger partial charge in [0.2, 0.25) is 5.91 Å². The number of hydrogen-bond donors (Lipinski definition) is 1. The van der Waals surface area contributed by atoms with E-state index in [1.54, 1.807) is 12.1 Å². The highest BCUT2D eigenvalue weighted by Crippen LogP contribution is 2.18. The first-order valence-electron chi connectivity index (χ1n) is 8.36. The van der Waals surface area contributed by atoms with E-state index in [0.29, 0.717) is 13.1 Å². The molecule has 1 aromatic heterocycles. The first kappa shape index (κ1) is 16.6. The smallest absolute Gasteiger partial charge is 0.236 e. The molecule has 1 amide bonds. The van der Waals surface area contributed by atoms with Gasteiger partial charge in [0.1, 0.15) is 5.82 Å². The molecule has 24 heavy (non-hydrogen) atoms. The molecule has 1 aliphatic rings. The third-order valence-electron chi connectivity index (χ3n) is 4.55. The van der Waals surface area contributed by atoms with Crippen molar-refractivity contribution in [2.75, 3.05) is 19.6 Å². The van der Waals surface area contributed by atoms with Crippen molar-refractivity contribution in [1.82, 2.24) is 20.0 Å². The van der Waals surface area contributed by atoms with Gasteiger partial charge in [-0.05, 0) is 51.0 Å². The zero-order valence-electron chi connectivity index (χ0n) is 14.2. The third-order valence-corrected chi connectivity index (χ3v) is 4.55. The second-order valence-corrected chi connectivity index (χ2v) is 6.23. The number of carbonyl (C=O) groups is 1. The van der Waals surface area contributed by atoms with Gasteiger partial charge >= 0.3 is 0 Å². The molecule has 1 fully saturated rings. The predicted octanol–water partition coefficient (Wildman–Crippen LogP) is 2.34.